The number of hydrazine groups is 1. The van der Waals surface area contributed by atoms with Crippen molar-refractivity contribution in [3.8, 4) is 0 Å². The third kappa shape index (κ3) is 1.68. The van der Waals surface area contributed by atoms with Gasteiger partial charge in [-0.2, -0.15) is 0 Å². The molecule has 0 aromatic heterocycles. The van der Waals surface area contributed by atoms with E-state index in [-0.39, 0.29) is 5.54 Å². The Morgan fingerprint density at radius 1 is 1.58 bits per heavy atom. The van der Waals surface area contributed by atoms with Crippen molar-refractivity contribution < 1.29 is 5.11 Å². The molecule has 0 saturated carbocycles. The zero-order chi connectivity index (χ0) is 9.57. The second kappa shape index (κ2) is 2.55. The number of hydrogen-bond acceptors (Lipinski definition) is 3. The summed E-state index contributed by atoms with van der Waals surface area (Å²) in [6.07, 6.45) is 0.538. The highest BCUT2D eigenvalue weighted by atomic mass is 32.1. The maximum absolute atomic E-state index is 9.82. The lowest BCUT2D eigenvalue weighted by Crippen LogP contribution is -2.68. The molecule has 1 atom stereocenters. The van der Waals surface area contributed by atoms with Crippen LogP contribution >= 0.6 is 12.2 Å². The monoisotopic (exact) mass is 189 g/mol. The minimum absolute atomic E-state index is 0.198. The summed E-state index contributed by atoms with van der Waals surface area (Å²) < 4.78 is 0. The highest BCUT2D eigenvalue weighted by molar-refractivity contribution is 7.80. The minimum Gasteiger partial charge on any atom is -0.370 e. The van der Waals surface area contributed by atoms with Crippen molar-refractivity contribution in [2.24, 2.45) is 5.84 Å². The van der Waals surface area contributed by atoms with E-state index in [0.717, 1.165) is 0 Å². The molecular weight excluding hydrogens is 174 g/mol. The molecule has 1 heterocycles. The van der Waals surface area contributed by atoms with Gasteiger partial charge in [-0.15, -0.1) is 0 Å². The Morgan fingerprint density at radius 3 is 2.50 bits per heavy atom. The van der Waals surface area contributed by atoms with Gasteiger partial charge in [0.25, 0.3) is 0 Å². The largest absolute Gasteiger partial charge is 0.370 e. The van der Waals surface area contributed by atoms with Crippen LogP contribution < -0.4 is 11.2 Å². The van der Waals surface area contributed by atoms with Crippen LogP contribution in [0.25, 0.3) is 0 Å². The Kier molecular flexibility index (Phi) is 2.06. The van der Waals surface area contributed by atoms with Crippen LogP contribution in [0, 0.1) is 0 Å². The highest BCUT2D eigenvalue weighted by Crippen LogP contribution is 2.26. The van der Waals surface area contributed by atoms with Gasteiger partial charge in [0.05, 0.1) is 0 Å². The molecule has 0 unspecified atom stereocenters. The summed E-state index contributed by atoms with van der Waals surface area (Å²) in [7, 11) is 0. The van der Waals surface area contributed by atoms with Crippen molar-refractivity contribution in [3.05, 3.63) is 0 Å². The number of thiocarbonyl (C=S) groups is 1. The molecule has 0 spiro atoms. The molecule has 0 radical (unpaired) electrons. The molecule has 1 rings (SSSR count). The Hall–Kier alpha value is -0.390. The topological polar surface area (TPSA) is 61.5 Å². The molecule has 0 bridgehead atoms. The maximum atomic E-state index is 9.82. The predicted octanol–water partition coefficient (Wildman–Crippen LogP) is -0.0726. The Labute approximate surface area is 77.7 Å². The third-order valence-corrected chi connectivity index (χ3v) is 2.26. The number of aliphatic hydroxyl groups is 1. The first-order chi connectivity index (χ1) is 5.25. The molecule has 1 fully saturated rings. The molecule has 4 N–H and O–H groups in total. The van der Waals surface area contributed by atoms with Crippen LogP contribution in [-0.4, -0.2) is 26.5 Å². The van der Waals surface area contributed by atoms with E-state index in [0.29, 0.717) is 11.5 Å². The molecule has 1 aliphatic rings. The fourth-order valence-corrected chi connectivity index (χ4v) is 2.01. The maximum Gasteiger partial charge on any atom is 0.186 e. The molecule has 0 aliphatic carbocycles. The van der Waals surface area contributed by atoms with E-state index in [9.17, 15) is 5.11 Å². The van der Waals surface area contributed by atoms with Crippen LogP contribution in [0.3, 0.4) is 0 Å². The Morgan fingerprint density at radius 2 is 2.08 bits per heavy atom. The van der Waals surface area contributed by atoms with Gasteiger partial charge in [-0.3, -0.25) is 5.01 Å². The summed E-state index contributed by atoms with van der Waals surface area (Å²) in [5.41, 5.74) is -1.25. The Balaban J connectivity index is 2.87. The molecule has 5 heteroatoms. The van der Waals surface area contributed by atoms with Gasteiger partial charge >= 0.3 is 0 Å². The number of nitrogens with one attached hydrogen (secondary N) is 1. The molecule has 0 amide bonds. The molecule has 12 heavy (non-hydrogen) atoms. The van der Waals surface area contributed by atoms with Crippen molar-refractivity contribution >= 4 is 17.3 Å². The van der Waals surface area contributed by atoms with Crippen LogP contribution in [0.4, 0.5) is 0 Å². The average molecular weight is 189 g/mol. The molecule has 1 aliphatic heterocycles. The Bertz CT molecular complexity index is 215. The summed E-state index contributed by atoms with van der Waals surface area (Å²) >= 11 is 4.96. The van der Waals surface area contributed by atoms with Crippen LogP contribution in [-0.2, 0) is 0 Å². The van der Waals surface area contributed by atoms with Crippen molar-refractivity contribution in [1.29, 1.82) is 0 Å². The van der Waals surface area contributed by atoms with E-state index in [4.69, 9.17) is 18.1 Å². The molecule has 0 aromatic rings. The lowest BCUT2D eigenvalue weighted by molar-refractivity contribution is -0.0892. The summed E-state index contributed by atoms with van der Waals surface area (Å²) in [4.78, 5) is 0. The van der Waals surface area contributed by atoms with Gasteiger partial charge in [0.15, 0.2) is 10.8 Å². The van der Waals surface area contributed by atoms with Gasteiger partial charge in [0.1, 0.15) is 0 Å². The summed E-state index contributed by atoms with van der Waals surface area (Å²) in [6, 6.07) is 0. The van der Waals surface area contributed by atoms with Crippen molar-refractivity contribution in [2.75, 3.05) is 0 Å². The fourth-order valence-electron chi connectivity index (χ4n) is 1.54. The molecule has 1 saturated heterocycles. The minimum atomic E-state index is -1.05. The SMILES string of the molecule is CC1(C)C[C@](C)(O)N(N)C(=S)N1. The summed E-state index contributed by atoms with van der Waals surface area (Å²) in [5, 5.41) is 14.4. The zero-order valence-corrected chi connectivity index (χ0v) is 8.40. The normalized spacial score (nSPS) is 34.8. The van der Waals surface area contributed by atoms with Gasteiger partial charge in [-0.1, -0.05) is 0 Å². The average Bonchev–Trinajstić information content (AvgIpc) is 1.79. The van der Waals surface area contributed by atoms with Crippen molar-refractivity contribution in [2.45, 2.75) is 38.5 Å². The second-order valence-electron chi connectivity index (χ2n) is 4.08. The van der Waals surface area contributed by atoms with E-state index in [1.807, 2.05) is 13.8 Å². The number of nitrogens with zero attached hydrogens (tertiary/aromatic N) is 1. The lowest BCUT2D eigenvalue weighted by Gasteiger charge is -2.47. The second-order valence-corrected chi connectivity index (χ2v) is 4.46. The summed E-state index contributed by atoms with van der Waals surface area (Å²) in [6.45, 7) is 5.60. The number of hydrogen-bond donors (Lipinski definition) is 3. The van der Waals surface area contributed by atoms with Crippen LogP contribution in [0.2, 0.25) is 0 Å². The van der Waals surface area contributed by atoms with Gasteiger partial charge < -0.3 is 10.4 Å². The van der Waals surface area contributed by atoms with Crippen LogP contribution in [0.1, 0.15) is 27.2 Å². The van der Waals surface area contributed by atoms with E-state index >= 15 is 0 Å². The summed E-state index contributed by atoms with van der Waals surface area (Å²) in [5.74, 6) is 5.56. The van der Waals surface area contributed by atoms with E-state index in [1.165, 1.54) is 5.01 Å². The van der Waals surface area contributed by atoms with Crippen molar-refractivity contribution in [1.82, 2.24) is 10.3 Å². The first kappa shape index (κ1) is 9.70. The third-order valence-electron chi connectivity index (χ3n) is 1.96. The molecule has 4 nitrogen and oxygen atoms in total. The standard InChI is InChI=1S/C7H15N3OS/c1-6(2)4-7(3,11)10(8)5(12)9-6/h11H,4,8H2,1-3H3,(H,9,12)/t7-/m0/s1. The van der Waals surface area contributed by atoms with Crippen molar-refractivity contribution in [3.63, 3.8) is 0 Å². The highest BCUT2D eigenvalue weighted by Gasteiger charge is 2.41. The van der Waals surface area contributed by atoms with Crippen LogP contribution in [0.5, 0.6) is 0 Å². The fraction of sp³-hybridized carbons (Fsp3) is 0.857. The first-order valence-electron chi connectivity index (χ1n) is 3.84. The van der Waals surface area contributed by atoms with E-state index < -0.39 is 5.72 Å². The number of rotatable bonds is 0. The van der Waals surface area contributed by atoms with Gasteiger partial charge in [0.2, 0.25) is 0 Å². The van der Waals surface area contributed by atoms with E-state index in [1.54, 1.807) is 6.92 Å². The van der Waals surface area contributed by atoms with E-state index in [2.05, 4.69) is 5.32 Å². The lowest BCUT2D eigenvalue weighted by atomic mass is 9.91. The van der Waals surface area contributed by atoms with Gasteiger partial charge in [-0.25, -0.2) is 5.84 Å². The van der Waals surface area contributed by atoms with Crippen LogP contribution in [0.15, 0.2) is 0 Å². The first-order valence-corrected chi connectivity index (χ1v) is 4.25. The van der Waals surface area contributed by atoms with Gasteiger partial charge in [-0.05, 0) is 33.0 Å². The number of nitrogens with two attached hydrogens (primary N) is 1. The molecule has 70 valence electrons. The predicted molar refractivity (Wildman–Crippen MR) is 51.1 cm³/mol. The zero-order valence-electron chi connectivity index (χ0n) is 7.59. The molecule has 0 aromatic carbocycles. The quantitative estimate of drug-likeness (QED) is 0.368. The molecular formula is C7H15N3OS. The smallest absolute Gasteiger partial charge is 0.186 e. The van der Waals surface area contributed by atoms with Gasteiger partial charge in [0, 0.05) is 12.0 Å².